The van der Waals surface area contributed by atoms with Crippen molar-refractivity contribution in [3.05, 3.63) is 0 Å². The van der Waals surface area contributed by atoms with Crippen LogP contribution in [0.15, 0.2) is 0 Å². The van der Waals surface area contributed by atoms with Crippen molar-refractivity contribution in [1.29, 1.82) is 0 Å². The van der Waals surface area contributed by atoms with Crippen LogP contribution in [0.25, 0.3) is 0 Å². The van der Waals surface area contributed by atoms with Crippen LogP contribution >= 0.6 is 0 Å². The van der Waals surface area contributed by atoms with E-state index in [2.05, 4.69) is 0 Å². The number of carbonyl (C=O) groups is 1. The van der Waals surface area contributed by atoms with E-state index in [9.17, 15) is 9.90 Å². The Hall–Kier alpha value is -0.810. The summed E-state index contributed by atoms with van der Waals surface area (Å²) in [6.07, 6.45) is 1.11. The molecule has 0 aromatic rings. The van der Waals surface area contributed by atoms with Crippen molar-refractivity contribution in [3.8, 4) is 0 Å². The van der Waals surface area contributed by atoms with Gasteiger partial charge in [-0.1, -0.05) is 0 Å². The largest absolute Gasteiger partial charge is 0.393 e. The molecule has 1 aliphatic rings. The summed E-state index contributed by atoms with van der Waals surface area (Å²) in [5.41, 5.74) is 5.51. The van der Waals surface area contributed by atoms with E-state index in [0.29, 0.717) is 32.5 Å². The van der Waals surface area contributed by atoms with Crippen molar-refractivity contribution < 1.29 is 9.90 Å². The van der Waals surface area contributed by atoms with Crippen LogP contribution in [0.3, 0.4) is 0 Å². The predicted molar refractivity (Wildman–Crippen MR) is 58.5 cm³/mol. The third-order valence-corrected chi connectivity index (χ3v) is 3.04. The Morgan fingerprint density at radius 1 is 1.60 bits per heavy atom. The number of piperidine rings is 1. The lowest BCUT2D eigenvalue weighted by atomic mass is 10.1. The summed E-state index contributed by atoms with van der Waals surface area (Å²) in [6, 6.07) is 0.0733. The first kappa shape index (κ1) is 12.3. The van der Waals surface area contributed by atoms with E-state index in [1.165, 1.54) is 0 Å². The summed E-state index contributed by atoms with van der Waals surface area (Å²) in [4.78, 5) is 15.4. The fourth-order valence-corrected chi connectivity index (χ4v) is 1.63. The number of nitrogens with zero attached hydrogens (tertiary/aromatic N) is 2. The maximum atomic E-state index is 11.9. The summed E-state index contributed by atoms with van der Waals surface area (Å²) in [5, 5.41) is 9.33. The molecule has 1 fully saturated rings. The van der Waals surface area contributed by atoms with Gasteiger partial charge in [-0.05, 0) is 19.8 Å². The molecule has 2 amide bonds. The number of rotatable bonds is 2. The lowest BCUT2D eigenvalue weighted by Crippen LogP contribution is -2.50. The third kappa shape index (κ3) is 3.07. The Morgan fingerprint density at radius 2 is 2.13 bits per heavy atom. The minimum Gasteiger partial charge on any atom is -0.393 e. The van der Waals surface area contributed by atoms with E-state index in [4.69, 9.17) is 5.73 Å². The Bertz CT molecular complexity index is 215. The molecular formula is C10H21N3O2. The molecule has 0 radical (unpaired) electrons. The lowest BCUT2D eigenvalue weighted by Gasteiger charge is -2.35. The maximum absolute atomic E-state index is 11.9. The van der Waals surface area contributed by atoms with Crippen molar-refractivity contribution in [3.63, 3.8) is 0 Å². The highest BCUT2D eigenvalue weighted by Crippen LogP contribution is 2.12. The summed E-state index contributed by atoms with van der Waals surface area (Å²) >= 11 is 0. The SMILES string of the molecule is CC(CN)N(C)C(=O)N1CCC(O)CC1. The monoisotopic (exact) mass is 215 g/mol. The lowest BCUT2D eigenvalue weighted by molar-refractivity contribution is 0.0807. The molecule has 3 N–H and O–H groups in total. The molecule has 1 saturated heterocycles. The maximum Gasteiger partial charge on any atom is 0.320 e. The van der Waals surface area contributed by atoms with Crippen molar-refractivity contribution >= 4 is 6.03 Å². The summed E-state index contributed by atoms with van der Waals surface area (Å²) in [7, 11) is 1.77. The van der Waals surface area contributed by atoms with Crippen LogP contribution in [0, 0.1) is 0 Å². The van der Waals surface area contributed by atoms with Gasteiger partial charge in [-0.2, -0.15) is 0 Å². The van der Waals surface area contributed by atoms with Gasteiger partial charge in [0.05, 0.1) is 6.10 Å². The van der Waals surface area contributed by atoms with Crippen LogP contribution < -0.4 is 5.73 Å². The highest BCUT2D eigenvalue weighted by molar-refractivity contribution is 5.74. The molecule has 1 unspecified atom stereocenters. The molecule has 0 spiro atoms. The number of amides is 2. The second-order valence-corrected chi connectivity index (χ2v) is 4.20. The first-order valence-electron chi connectivity index (χ1n) is 5.46. The Labute approximate surface area is 90.8 Å². The van der Waals surface area contributed by atoms with Gasteiger partial charge in [0.1, 0.15) is 0 Å². The zero-order valence-electron chi connectivity index (χ0n) is 9.52. The van der Waals surface area contributed by atoms with E-state index >= 15 is 0 Å². The van der Waals surface area contributed by atoms with Crippen LogP contribution in [0.5, 0.6) is 0 Å². The van der Waals surface area contributed by atoms with Crippen LogP contribution in [-0.4, -0.2) is 59.8 Å². The zero-order chi connectivity index (χ0) is 11.4. The first-order valence-corrected chi connectivity index (χ1v) is 5.46. The molecule has 1 heterocycles. The number of aliphatic hydroxyl groups excluding tert-OH is 1. The van der Waals surface area contributed by atoms with Gasteiger partial charge in [0.2, 0.25) is 0 Å². The molecule has 5 nitrogen and oxygen atoms in total. The molecule has 0 saturated carbocycles. The zero-order valence-corrected chi connectivity index (χ0v) is 9.52. The molecule has 1 rings (SSSR count). The van der Waals surface area contributed by atoms with Crippen molar-refractivity contribution in [2.45, 2.75) is 31.9 Å². The quantitative estimate of drug-likeness (QED) is 0.672. The van der Waals surface area contributed by atoms with E-state index in [1.807, 2.05) is 6.92 Å². The average Bonchev–Trinajstić information content (AvgIpc) is 2.27. The van der Waals surface area contributed by atoms with Gasteiger partial charge in [-0.25, -0.2) is 4.79 Å². The molecule has 15 heavy (non-hydrogen) atoms. The standard InChI is InChI=1S/C10H21N3O2/c1-8(7-11)12(2)10(15)13-5-3-9(14)4-6-13/h8-9,14H,3-7,11H2,1-2H3. The minimum atomic E-state index is -0.244. The van der Waals surface area contributed by atoms with E-state index in [0.717, 1.165) is 0 Å². The number of urea groups is 1. The molecule has 88 valence electrons. The highest BCUT2D eigenvalue weighted by Gasteiger charge is 2.25. The fraction of sp³-hybridized carbons (Fsp3) is 0.900. The topological polar surface area (TPSA) is 69.8 Å². The Morgan fingerprint density at radius 3 is 2.60 bits per heavy atom. The van der Waals surface area contributed by atoms with Gasteiger partial charge in [-0.15, -0.1) is 0 Å². The summed E-state index contributed by atoms with van der Waals surface area (Å²) in [5.74, 6) is 0. The normalized spacial score (nSPS) is 20.1. The number of aliphatic hydroxyl groups is 1. The molecular weight excluding hydrogens is 194 g/mol. The number of hydrogen-bond acceptors (Lipinski definition) is 3. The average molecular weight is 215 g/mol. The second-order valence-electron chi connectivity index (χ2n) is 4.20. The van der Waals surface area contributed by atoms with E-state index in [-0.39, 0.29) is 18.2 Å². The number of likely N-dealkylation sites (N-methyl/N-ethyl adjacent to an activating group) is 1. The van der Waals surface area contributed by atoms with Crippen LogP contribution in [-0.2, 0) is 0 Å². The minimum absolute atomic E-state index is 0.0138. The molecule has 0 bridgehead atoms. The molecule has 0 aliphatic carbocycles. The van der Waals surface area contributed by atoms with Gasteiger partial charge in [0, 0.05) is 32.7 Å². The Balaban J connectivity index is 2.46. The fourth-order valence-electron chi connectivity index (χ4n) is 1.63. The summed E-state index contributed by atoms with van der Waals surface area (Å²) in [6.45, 7) is 3.68. The van der Waals surface area contributed by atoms with Crippen molar-refractivity contribution in [2.75, 3.05) is 26.7 Å². The second kappa shape index (κ2) is 5.32. The van der Waals surface area contributed by atoms with Gasteiger partial charge >= 0.3 is 6.03 Å². The van der Waals surface area contributed by atoms with E-state index < -0.39 is 0 Å². The number of carbonyl (C=O) groups excluding carboxylic acids is 1. The first-order chi connectivity index (χ1) is 7.06. The van der Waals surface area contributed by atoms with Crippen molar-refractivity contribution in [2.24, 2.45) is 5.73 Å². The summed E-state index contributed by atoms with van der Waals surface area (Å²) < 4.78 is 0. The van der Waals surface area contributed by atoms with Crippen LogP contribution in [0.4, 0.5) is 4.79 Å². The Kier molecular flexibility index (Phi) is 4.35. The molecule has 1 atom stereocenters. The van der Waals surface area contributed by atoms with E-state index in [1.54, 1.807) is 16.8 Å². The predicted octanol–water partition coefficient (Wildman–Crippen LogP) is -0.158. The third-order valence-electron chi connectivity index (χ3n) is 3.04. The number of nitrogens with two attached hydrogens (primary N) is 1. The number of likely N-dealkylation sites (tertiary alicyclic amines) is 1. The van der Waals surface area contributed by atoms with Crippen molar-refractivity contribution in [1.82, 2.24) is 9.80 Å². The molecule has 0 aromatic carbocycles. The van der Waals surface area contributed by atoms with Gasteiger partial charge in [0.15, 0.2) is 0 Å². The van der Waals surface area contributed by atoms with Gasteiger partial charge < -0.3 is 20.6 Å². The molecule has 5 heteroatoms. The smallest absolute Gasteiger partial charge is 0.320 e. The van der Waals surface area contributed by atoms with Gasteiger partial charge in [-0.3, -0.25) is 0 Å². The molecule has 0 aromatic heterocycles. The van der Waals surface area contributed by atoms with Crippen LogP contribution in [0.1, 0.15) is 19.8 Å². The van der Waals surface area contributed by atoms with Gasteiger partial charge in [0.25, 0.3) is 0 Å². The highest BCUT2D eigenvalue weighted by atomic mass is 16.3. The molecule has 1 aliphatic heterocycles. The van der Waals surface area contributed by atoms with Crippen LogP contribution in [0.2, 0.25) is 0 Å². The number of hydrogen-bond donors (Lipinski definition) is 2.